The lowest BCUT2D eigenvalue weighted by molar-refractivity contribution is -0.0981. The average Bonchev–Trinajstić information content (AvgIpc) is 2.63. The van der Waals surface area contributed by atoms with Crippen LogP contribution in [0.15, 0.2) is 0 Å². The fourth-order valence-corrected chi connectivity index (χ4v) is 3.06. The SMILES string of the molecule is COC1CC(NCC2CNCC2C)C1(C)C. The van der Waals surface area contributed by atoms with Crippen LogP contribution in [0.25, 0.3) is 0 Å². The van der Waals surface area contributed by atoms with Crippen molar-refractivity contribution in [3.05, 3.63) is 0 Å². The molecular formula is C13H26N2O. The molecule has 1 heterocycles. The third-order valence-corrected chi connectivity index (χ3v) is 4.77. The van der Waals surface area contributed by atoms with E-state index in [2.05, 4.69) is 31.4 Å². The second-order valence-electron chi connectivity index (χ2n) is 6.14. The largest absolute Gasteiger partial charge is 0.381 e. The van der Waals surface area contributed by atoms with Gasteiger partial charge in [-0.3, -0.25) is 0 Å². The summed E-state index contributed by atoms with van der Waals surface area (Å²) < 4.78 is 5.47. The molecule has 0 radical (unpaired) electrons. The van der Waals surface area contributed by atoms with Crippen LogP contribution in [0.2, 0.25) is 0 Å². The molecule has 2 aliphatic rings. The van der Waals surface area contributed by atoms with Crippen molar-refractivity contribution >= 4 is 0 Å². The van der Waals surface area contributed by atoms with Gasteiger partial charge in [0.15, 0.2) is 0 Å². The van der Waals surface area contributed by atoms with Crippen LogP contribution in [0.5, 0.6) is 0 Å². The fourth-order valence-electron chi connectivity index (χ4n) is 3.06. The lowest BCUT2D eigenvalue weighted by Crippen LogP contribution is -2.61. The van der Waals surface area contributed by atoms with E-state index in [0.717, 1.165) is 24.8 Å². The minimum atomic E-state index is 0.296. The minimum absolute atomic E-state index is 0.296. The van der Waals surface area contributed by atoms with Crippen molar-refractivity contribution in [1.29, 1.82) is 0 Å². The lowest BCUT2D eigenvalue weighted by Gasteiger charge is -2.51. The zero-order chi connectivity index (χ0) is 11.8. The van der Waals surface area contributed by atoms with Crippen molar-refractivity contribution in [2.45, 2.75) is 39.3 Å². The van der Waals surface area contributed by atoms with Crippen molar-refractivity contribution in [1.82, 2.24) is 10.6 Å². The summed E-state index contributed by atoms with van der Waals surface area (Å²) in [6.45, 7) is 10.5. The second kappa shape index (κ2) is 4.63. The van der Waals surface area contributed by atoms with Gasteiger partial charge in [0.1, 0.15) is 0 Å². The first-order valence-corrected chi connectivity index (χ1v) is 6.52. The van der Waals surface area contributed by atoms with Crippen molar-refractivity contribution in [2.24, 2.45) is 17.3 Å². The van der Waals surface area contributed by atoms with Gasteiger partial charge in [0, 0.05) is 18.6 Å². The Morgan fingerprint density at radius 1 is 1.38 bits per heavy atom. The van der Waals surface area contributed by atoms with Crippen molar-refractivity contribution < 1.29 is 4.74 Å². The summed E-state index contributed by atoms with van der Waals surface area (Å²) in [5.74, 6) is 1.62. The van der Waals surface area contributed by atoms with Gasteiger partial charge in [0.25, 0.3) is 0 Å². The minimum Gasteiger partial charge on any atom is -0.381 e. The molecular weight excluding hydrogens is 200 g/mol. The number of methoxy groups -OCH3 is 1. The van der Waals surface area contributed by atoms with E-state index in [4.69, 9.17) is 4.74 Å². The predicted octanol–water partition coefficient (Wildman–Crippen LogP) is 1.24. The highest BCUT2D eigenvalue weighted by molar-refractivity contribution is 5.03. The number of nitrogens with one attached hydrogen (secondary N) is 2. The van der Waals surface area contributed by atoms with Gasteiger partial charge in [-0.25, -0.2) is 0 Å². The van der Waals surface area contributed by atoms with Gasteiger partial charge in [0.2, 0.25) is 0 Å². The Kier molecular flexibility index (Phi) is 3.57. The molecule has 1 saturated heterocycles. The molecule has 0 aromatic heterocycles. The molecule has 0 amide bonds. The normalized spacial score (nSPS) is 42.0. The smallest absolute Gasteiger partial charge is 0.0652 e. The topological polar surface area (TPSA) is 33.3 Å². The van der Waals surface area contributed by atoms with Gasteiger partial charge in [-0.05, 0) is 37.9 Å². The monoisotopic (exact) mass is 226 g/mol. The molecule has 3 nitrogen and oxygen atoms in total. The molecule has 1 aliphatic carbocycles. The molecule has 94 valence electrons. The molecule has 1 saturated carbocycles. The number of rotatable bonds is 4. The first-order chi connectivity index (χ1) is 7.55. The van der Waals surface area contributed by atoms with Crippen LogP contribution < -0.4 is 10.6 Å². The van der Waals surface area contributed by atoms with Crippen molar-refractivity contribution in [3.8, 4) is 0 Å². The highest BCUT2D eigenvalue weighted by Gasteiger charge is 2.48. The maximum absolute atomic E-state index is 5.47. The molecule has 2 rings (SSSR count). The van der Waals surface area contributed by atoms with Crippen LogP contribution in [0.4, 0.5) is 0 Å². The first-order valence-electron chi connectivity index (χ1n) is 6.52. The maximum atomic E-state index is 5.47. The van der Waals surface area contributed by atoms with Crippen molar-refractivity contribution in [2.75, 3.05) is 26.7 Å². The van der Waals surface area contributed by atoms with Crippen LogP contribution in [0.3, 0.4) is 0 Å². The Labute approximate surface area is 99.3 Å². The molecule has 16 heavy (non-hydrogen) atoms. The lowest BCUT2D eigenvalue weighted by atomic mass is 9.64. The Morgan fingerprint density at radius 2 is 2.12 bits per heavy atom. The van der Waals surface area contributed by atoms with E-state index in [-0.39, 0.29) is 0 Å². The van der Waals surface area contributed by atoms with Gasteiger partial charge in [-0.1, -0.05) is 20.8 Å². The summed E-state index contributed by atoms with van der Waals surface area (Å²) >= 11 is 0. The molecule has 0 bridgehead atoms. The summed E-state index contributed by atoms with van der Waals surface area (Å²) in [7, 11) is 1.83. The number of ether oxygens (including phenoxy) is 1. The molecule has 0 aromatic rings. The van der Waals surface area contributed by atoms with E-state index in [9.17, 15) is 0 Å². The Morgan fingerprint density at radius 3 is 2.62 bits per heavy atom. The zero-order valence-corrected chi connectivity index (χ0v) is 11.0. The van der Waals surface area contributed by atoms with Crippen LogP contribution in [0, 0.1) is 17.3 Å². The summed E-state index contributed by atoms with van der Waals surface area (Å²) in [6, 6.07) is 0.630. The van der Waals surface area contributed by atoms with Gasteiger partial charge >= 0.3 is 0 Å². The maximum Gasteiger partial charge on any atom is 0.0652 e. The van der Waals surface area contributed by atoms with Gasteiger partial charge in [-0.2, -0.15) is 0 Å². The molecule has 0 aromatic carbocycles. The Balaban J connectivity index is 1.75. The van der Waals surface area contributed by atoms with E-state index in [0.29, 0.717) is 17.6 Å². The Hall–Kier alpha value is -0.120. The molecule has 0 spiro atoms. The summed E-state index contributed by atoms with van der Waals surface area (Å²) in [4.78, 5) is 0. The average molecular weight is 226 g/mol. The zero-order valence-electron chi connectivity index (χ0n) is 11.0. The van der Waals surface area contributed by atoms with E-state index in [1.165, 1.54) is 13.1 Å². The summed E-state index contributed by atoms with van der Waals surface area (Å²) in [5.41, 5.74) is 0.296. The summed E-state index contributed by atoms with van der Waals surface area (Å²) in [5, 5.41) is 7.18. The molecule has 2 N–H and O–H groups in total. The van der Waals surface area contributed by atoms with E-state index in [1.54, 1.807) is 0 Å². The quantitative estimate of drug-likeness (QED) is 0.757. The fraction of sp³-hybridized carbons (Fsp3) is 1.00. The van der Waals surface area contributed by atoms with Crippen LogP contribution in [-0.2, 0) is 4.74 Å². The van der Waals surface area contributed by atoms with Gasteiger partial charge in [0.05, 0.1) is 6.10 Å². The standard InChI is InChI=1S/C13H26N2O/c1-9-6-14-7-10(9)8-15-11-5-12(16-4)13(11,2)3/h9-12,14-15H,5-8H2,1-4H3. The van der Waals surface area contributed by atoms with Crippen LogP contribution in [0.1, 0.15) is 27.2 Å². The second-order valence-corrected chi connectivity index (χ2v) is 6.14. The molecule has 3 heteroatoms. The first kappa shape index (κ1) is 12.3. The third kappa shape index (κ3) is 2.13. The summed E-state index contributed by atoms with van der Waals surface area (Å²) in [6.07, 6.45) is 1.60. The molecule has 1 aliphatic heterocycles. The van der Waals surface area contributed by atoms with Crippen LogP contribution in [-0.4, -0.2) is 38.9 Å². The predicted molar refractivity (Wildman–Crippen MR) is 66.5 cm³/mol. The highest BCUT2D eigenvalue weighted by atomic mass is 16.5. The number of hydrogen-bond acceptors (Lipinski definition) is 3. The molecule has 2 fully saturated rings. The van der Waals surface area contributed by atoms with E-state index < -0.39 is 0 Å². The highest BCUT2D eigenvalue weighted by Crippen LogP contribution is 2.42. The van der Waals surface area contributed by atoms with Gasteiger partial charge in [-0.15, -0.1) is 0 Å². The van der Waals surface area contributed by atoms with Crippen LogP contribution >= 0.6 is 0 Å². The van der Waals surface area contributed by atoms with E-state index in [1.807, 2.05) is 7.11 Å². The Bertz CT molecular complexity index is 242. The third-order valence-electron chi connectivity index (χ3n) is 4.77. The molecule has 4 unspecified atom stereocenters. The number of hydrogen-bond donors (Lipinski definition) is 2. The van der Waals surface area contributed by atoms with Crippen molar-refractivity contribution in [3.63, 3.8) is 0 Å². The van der Waals surface area contributed by atoms with Gasteiger partial charge < -0.3 is 15.4 Å². The molecule has 4 atom stereocenters. The van der Waals surface area contributed by atoms with E-state index >= 15 is 0 Å².